The van der Waals surface area contributed by atoms with Crippen LogP contribution in [0.3, 0.4) is 0 Å². The molecule has 2 N–H and O–H groups in total. The van der Waals surface area contributed by atoms with Crippen molar-refractivity contribution in [2.45, 2.75) is 12.8 Å². The molecule has 1 amide bonds. The number of hydrogen-bond acceptors (Lipinski definition) is 4. The van der Waals surface area contributed by atoms with E-state index < -0.39 is 0 Å². The summed E-state index contributed by atoms with van der Waals surface area (Å²) in [6, 6.07) is 5.79. The molecule has 8 heteroatoms. The minimum Gasteiger partial charge on any atom is -0.385 e. The number of rotatable bonds is 9. The number of nitrogens with one attached hydrogen (secondary N) is 2. The van der Waals surface area contributed by atoms with E-state index in [9.17, 15) is 4.79 Å². The van der Waals surface area contributed by atoms with Gasteiger partial charge in [0.1, 0.15) is 0 Å². The smallest absolute Gasteiger partial charge is 0.241 e. The zero-order valence-electron chi connectivity index (χ0n) is 14.6. The van der Waals surface area contributed by atoms with E-state index in [0.717, 1.165) is 25.1 Å². The SMILES string of the molecule is CN=C(NCCCOC)NCC(=O)N(C)CCc1ccccn1.I. The average molecular weight is 449 g/mol. The first-order valence-electron chi connectivity index (χ1n) is 7.74. The number of nitrogens with zero attached hydrogens (tertiary/aromatic N) is 3. The molecule has 0 saturated heterocycles. The maximum absolute atomic E-state index is 12.1. The van der Waals surface area contributed by atoms with Crippen molar-refractivity contribution in [1.82, 2.24) is 20.5 Å². The quantitative estimate of drug-likeness (QED) is 0.254. The van der Waals surface area contributed by atoms with E-state index in [-0.39, 0.29) is 36.4 Å². The van der Waals surface area contributed by atoms with Crippen molar-refractivity contribution in [1.29, 1.82) is 0 Å². The van der Waals surface area contributed by atoms with Gasteiger partial charge in [0.05, 0.1) is 6.54 Å². The molecule has 1 aromatic heterocycles. The predicted molar refractivity (Wildman–Crippen MR) is 107 cm³/mol. The van der Waals surface area contributed by atoms with Crippen LogP contribution in [0.5, 0.6) is 0 Å². The van der Waals surface area contributed by atoms with Gasteiger partial charge >= 0.3 is 0 Å². The summed E-state index contributed by atoms with van der Waals surface area (Å²) < 4.78 is 4.98. The molecule has 0 aliphatic carbocycles. The number of halogens is 1. The van der Waals surface area contributed by atoms with Gasteiger partial charge in [0.25, 0.3) is 0 Å². The van der Waals surface area contributed by atoms with E-state index in [1.807, 2.05) is 18.2 Å². The third-order valence-electron chi connectivity index (χ3n) is 3.30. The van der Waals surface area contributed by atoms with Gasteiger partial charge in [0.15, 0.2) is 5.96 Å². The molecule has 0 bridgehead atoms. The molecular formula is C16H28IN5O2. The maximum Gasteiger partial charge on any atom is 0.241 e. The normalized spacial score (nSPS) is 10.7. The number of hydrogen-bond donors (Lipinski definition) is 2. The van der Waals surface area contributed by atoms with E-state index in [4.69, 9.17) is 4.74 Å². The summed E-state index contributed by atoms with van der Waals surface area (Å²) in [5.74, 6) is 0.633. The number of aliphatic imine (C=N–C) groups is 1. The Hall–Kier alpha value is -1.42. The molecule has 0 spiro atoms. The Kier molecular flexibility index (Phi) is 13.1. The summed E-state index contributed by atoms with van der Waals surface area (Å²) in [7, 11) is 5.15. The lowest BCUT2D eigenvalue weighted by molar-refractivity contribution is -0.128. The monoisotopic (exact) mass is 449 g/mol. The first-order chi connectivity index (χ1) is 11.2. The van der Waals surface area contributed by atoms with Crippen molar-refractivity contribution in [2.75, 3.05) is 47.4 Å². The van der Waals surface area contributed by atoms with E-state index in [1.165, 1.54) is 0 Å². The lowest BCUT2D eigenvalue weighted by Gasteiger charge is -2.18. The van der Waals surface area contributed by atoms with Crippen molar-refractivity contribution in [3.05, 3.63) is 30.1 Å². The molecule has 136 valence electrons. The average Bonchev–Trinajstić information content (AvgIpc) is 2.59. The standard InChI is InChI=1S/C16H27N5O2.HI/c1-17-16(19-10-6-12-23-3)20-13-15(22)21(2)11-8-14-7-4-5-9-18-14;/h4-5,7,9H,6,8,10-13H2,1-3H3,(H2,17,19,20);1H. The molecule has 0 atom stereocenters. The maximum atomic E-state index is 12.1. The van der Waals surface area contributed by atoms with Crippen LogP contribution in [0.25, 0.3) is 0 Å². The second-order valence-corrected chi connectivity index (χ2v) is 5.09. The molecule has 1 heterocycles. The van der Waals surface area contributed by atoms with Crippen molar-refractivity contribution in [3.8, 4) is 0 Å². The van der Waals surface area contributed by atoms with Crippen LogP contribution < -0.4 is 10.6 Å². The Balaban J connectivity index is 0.00000529. The minimum atomic E-state index is 0. The van der Waals surface area contributed by atoms with Crippen LogP contribution in [-0.4, -0.2) is 69.2 Å². The summed E-state index contributed by atoms with van der Waals surface area (Å²) >= 11 is 0. The van der Waals surface area contributed by atoms with Crippen LogP contribution in [0, 0.1) is 0 Å². The topological polar surface area (TPSA) is 78.9 Å². The largest absolute Gasteiger partial charge is 0.385 e. The Morgan fingerprint density at radius 3 is 2.79 bits per heavy atom. The van der Waals surface area contributed by atoms with Crippen LogP contribution in [0.2, 0.25) is 0 Å². The number of carbonyl (C=O) groups is 1. The van der Waals surface area contributed by atoms with E-state index in [1.54, 1.807) is 32.3 Å². The van der Waals surface area contributed by atoms with Gasteiger partial charge in [-0.15, -0.1) is 24.0 Å². The van der Waals surface area contributed by atoms with Gasteiger partial charge in [-0.2, -0.15) is 0 Å². The van der Waals surface area contributed by atoms with E-state index in [2.05, 4.69) is 20.6 Å². The molecule has 0 aromatic carbocycles. The minimum absolute atomic E-state index is 0. The van der Waals surface area contributed by atoms with Gasteiger partial charge in [-0.1, -0.05) is 6.07 Å². The summed E-state index contributed by atoms with van der Waals surface area (Å²) in [5, 5.41) is 6.15. The van der Waals surface area contributed by atoms with Gasteiger partial charge in [-0.05, 0) is 18.6 Å². The second kappa shape index (κ2) is 14.0. The summed E-state index contributed by atoms with van der Waals surface area (Å²) in [6.07, 6.45) is 3.39. The number of methoxy groups -OCH3 is 1. The second-order valence-electron chi connectivity index (χ2n) is 5.09. The van der Waals surface area contributed by atoms with Crippen LogP contribution in [-0.2, 0) is 16.0 Å². The fourth-order valence-corrected chi connectivity index (χ4v) is 1.89. The van der Waals surface area contributed by atoms with E-state index >= 15 is 0 Å². The molecule has 1 aromatic rings. The fraction of sp³-hybridized carbons (Fsp3) is 0.562. The van der Waals surface area contributed by atoms with Crippen molar-refractivity contribution < 1.29 is 9.53 Å². The van der Waals surface area contributed by atoms with Gasteiger partial charge in [-0.25, -0.2) is 0 Å². The molecule has 0 saturated carbocycles. The van der Waals surface area contributed by atoms with Gasteiger partial charge in [-0.3, -0.25) is 14.8 Å². The van der Waals surface area contributed by atoms with Crippen LogP contribution in [0.15, 0.2) is 29.4 Å². The Morgan fingerprint density at radius 2 is 2.17 bits per heavy atom. The van der Waals surface area contributed by atoms with Gasteiger partial charge in [0.2, 0.25) is 5.91 Å². The molecule has 0 aliphatic heterocycles. The lowest BCUT2D eigenvalue weighted by Crippen LogP contribution is -2.44. The van der Waals surface area contributed by atoms with Crippen LogP contribution in [0.1, 0.15) is 12.1 Å². The number of amides is 1. The number of pyridine rings is 1. The number of guanidine groups is 1. The Morgan fingerprint density at radius 1 is 1.38 bits per heavy atom. The molecule has 7 nitrogen and oxygen atoms in total. The fourth-order valence-electron chi connectivity index (χ4n) is 1.89. The number of carbonyl (C=O) groups excluding carboxylic acids is 1. The molecule has 0 fully saturated rings. The van der Waals surface area contributed by atoms with Gasteiger partial charge < -0.3 is 20.3 Å². The molecule has 0 unspecified atom stereocenters. The molecule has 0 radical (unpaired) electrons. The summed E-state index contributed by atoms with van der Waals surface area (Å²) in [5.41, 5.74) is 0.982. The van der Waals surface area contributed by atoms with Gasteiger partial charge in [0, 0.05) is 59.2 Å². The highest BCUT2D eigenvalue weighted by Gasteiger charge is 2.09. The lowest BCUT2D eigenvalue weighted by atomic mass is 10.2. The molecule has 0 aliphatic rings. The van der Waals surface area contributed by atoms with Crippen molar-refractivity contribution in [3.63, 3.8) is 0 Å². The third kappa shape index (κ3) is 9.66. The molecule has 24 heavy (non-hydrogen) atoms. The van der Waals surface area contributed by atoms with Crippen LogP contribution in [0.4, 0.5) is 0 Å². The summed E-state index contributed by atoms with van der Waals surface area (Å²) in [6.45, 7) is 2.29. The van der Waals surface area contributed by atoms with Crippen molar-refractivity contribution >= 4 is 35.8 Å². The Labute approximate surface area is 161 Å². The third-order valence-corrected chi connectivity index (χ3v) is 3.30. The number of ether oxygens (including phenoxy) is 1. The van der Waals surface area contributed by atoms with E-state index in [0.29, 0.717) is 19.1 Å². The summed E-state index contributed by atoms with van der Waals surface area (Å²) in [4.78, 5) is 22.1. The molecule has 1 rings (SSSR count). The number of aromatic nitrogens is 1. The zero-order chi connectivity index (χ0) is 16.9. The van der Waals surface area contributed by atoms with Crippen LogP contribution >= 0.6 is 24.0 Å². The zero-order valence-corrected chi connectivity index (χ0v) is 16.9. The highest BCUT2D eigenvalue weighted by atomic mass is 127. The molecular weight excluding hydrogens is 421 g/mol. The highest BCUT2D eigenvalue weighted by Crippen LogP contribution is 1.96. The predicted octanol–water partition coefficient (Wildman–Crippen LogP) is 0.902. The first-order valence-corrected chi connectivity index (χ1v) is 7.74. The highest BCUT2D eigenvalue weighted by molar-refractivity contribution is 14.0. The van der Waals surface area contributed by atoms with Crippen molar-refractivity contribution in [2.24, 2.45) is 4.99 Å². The number of likely N-dealkylation sites (N-methyl/N-ethyl adjacent to an activating group) is 1. The Bertz CT molecular complexity index is 485. The first kappa shape index (κ1) is 22.6.